The molecule has 0 aliphatic rings. The maximum absolute atomic E-state index is 9.11. The van der Waals surface area contributed by atoms with E-state index in [9.17, 15) is 0 Å². The number of phenolic OH excluding ortho intramolecular Hbond substituents is 1. The smallest absolute Gasteiger partial charge is 0.118 e. The Bertz CT molecular complexity index is 198. The normalized spacial score (nSPS) is 8.50. The molecule has 10 heavy (non-hydrogen) atoms. The fraction of sp³-hybridized carbons (Fsp3) is 0.250. The first-order chi connectivity index (χ1) is 4.34. The monoisotopic (exact) mass is 309 g/mol. The van der Waals surface area contributed by atoms with Crippen LogP contribution in [-0.2, 0) is 26.8 Å². The Hall–Kier alpha value is -0.318. The van der Waals surface area contributed by atoms with Crippen LogP contribution < -0.4 is 0 Å². The quantitative estimate of drug-likeness (QED) is 0.841. The summed E-state index contributed by atoms with van der Waals surface area (Å²) >= 11 is 0. The molecule has 0 spiro atoms. The van der Waals surface area contributed by atoms with Gasteiger partial charge in [-0.15, -0.1) is 0 Å². The van der Waals surface area contributed by atoms with Crippen molar-refractivity contribution in [1.82, 2.24) is 0 Å². The molecule has 1 rings (SSSR count). The Morgan fingerprint density at radius 3 is 2.30 bits per heavy atom. The van der Waals surface area contributed by atoms with Gasteiger partial charge in [0.05, 0.1) is 0 Å². The third-order valence-electron chi connectivity index (χ3n) is 1.37. The van der Waals surface area contributed by atoms with Crippen molar-refractivity contribution in [2.45, 2.75) is 13.3 Å². The van der Waals surface area contributed by atoms with Gasteiger partial charge in [-0.05, 0) is 18.1 Å². The summed E-state index contributed by atoms with van der Waals surface area (Å²) in [6, 6.07) is 7.39. The Balaban J connectivity index is 0.000000810. The van der Waals surface area contributed by atoms with Crippen molar-refractivity contribution in [2.24, 2.45) is 0 Å². The van der Waals surface area contributed by atoms with Crippen molar-refractivity contribution in [3.8, 4) is 5.75 Å². The number of aromatic hydroxyl groups is 1. The minimum atomic E-state index is 0. The molecule has 0 saturated heterocycles. The second kappa shape index (κ2) is 4.49. The Kier molecular flexibility index (Phi) is 4.35. The van der Waals surface area contributed by atoms with Gasteiger partial charge in [0, 0.05) is 20.4 Å². The molecule has 1 radical (unpaired) electrons. The molecule has 0 bridgehead atoms. The van der Waals surface area contributed by atoms with Crippen LogP contribution in [0.25, 0.3) is 0 Å². The molecule has 0 aromatic heterocycles. The van der Waals surface area contributed by atoms with Gasteiger partial charge in [-0.3, -0.25) is 0 Å². The average Bonchev–Trinajstić information content (AvgIpc) is 1.89. The molecular formula is C8H10ORe. The molecule has 0 saturated carbocycles. The van der Waals surface area contributed by atoms with Crippen molar-refractivity contribution in [1.29, 1.82) is 0 Å². The first kappa shape index (κ1) is 9.68. The molecule has 0 unspecified atom stereocenters. The van der Waals surface area contributed by atoms with E-state index in [0.29, 0.717) is 5.75 Å². The maximum Gasteiger partial charge on any atom is 0.118 e. The second-order valence-electron chi connectivity index (χ2n) is 1.98. The van der Waals surface area contributed by atoms with Gasteiger partial charge >= 0.3 is 0 Å². The van der Waals surface area contributed by atoms with Gasteiger partial charge in [-0.2, -0.15) is 0 Å². The van der Waals surface area contributed by atoms with E-state index in [1.807, 2.05) is 25.1 Å². The molecule has 0 aliphatic carbocycles. The van der Waals surface area contributed by atoms with E-state index in [-0.39, 0.29) is 20.4 Å². The molecule has 0 amide bonds. The first-order valence-corrected chi connectivity index (χ1v) is 3.11. The Morgan fingerprint density at radius 2 is 1.90 bits per heavy atom. The number of aryl methyl sites for hydroxylation is 1. The summed E-state index contributed by atoms with van der Waals surface area (Å²) in [5.41, 5.74) is 1.01. The summed E-state index contributed by atoms with van der Waals surface area (Å²) in [7, 11) is 0. The van der Waals surface area contributed by atoms with Crippen LogP contribution in [0.4, 0.5) is 0 Å². The predicted octanol–water partition coefficient (Wildman–Crippen LogP) is 1.95. The zero-order chi connectivity index (χ0) is 6.69. The summed E-state index contributed by atoms with van der Waals surface area (Å²) in [4.78, 5) is 0. The summed E-state index contributed by atoms with van der Waals surface area (Å²) in [6.07, 6.45) is 0.896. The molecule has 1 N–H and O–H groups in total. The third kappa shape index (κ3) is 2.13. The van der Waals surface area contributed by atoms with Crippen molar-refractivity contribution < 1.29 is 25.5 Å². The molecule has 0 heterocycles. The minimum absolute atomic E-state index is 0. The topological polar surface area (TPSA) is 20.2 Å². The Morgan fingerprint density at radius 1 is 1.30 bits per heavy atom. The zero-order valence-corrected chi connectivity index (χ0v) is 8.56. The SMILES string of the molecule is CCc1ccccc1O.[Re]. The van der Waals surface area contributed by atoms with E-state index < -0.39 is 0 Å². The van der Waals surface area contributed by atoms with E-state index in [4.69, 9.17) is 5.11 Å². The van der Waals surface area contributed by atoms with Crippen molar-refractivity contribution in [3.63, 3.8) is 0 Å². The first-order valence-electron chi connectivity index (χ1n) is 3.11. The molecule has 1 aromatic carbocycles. The van der Waals surface area contributed by atoms with Gasteiger partial charge in [0.25, 0.3) is 0 Å². The minimum Gasteiger partial charge on any atom is -0.508 e. The van der Waals surface area contributed by atoms with Crippen molar-refractivity contribution in [2.75, 3.05) is 0 Å². The molecule has 1 aromatic rings. The number of phenols is 1. The van der Waals surface area contributed by atoms with Crippen LogP contribution in [0.15, 0.2) is 24.3 Å². The van der Waals surface area contributed by atoms with Gasteiger partial charge < -0.3 is 5.11 Å². The van der Waals surface area contributed by atoms with Crippen LogP contribution in [0.1, 0.15) is 12.5 Å². The molecule has 55 valence electrons. The van der Waals surface area contributed by atoms with Crippen molar-refractivity contribution in [3.05, 3.63) is 29.8 Å². The standard InChI is InChI=1S/C8H10O.Re/c1-2-7-5-3-4-6-8(7)9;/h3-6,9H,2H2,1H3;. The molecule has 1 nitrogen and oxygen atoms in total. The Labute approximate surface area is 74.7 Å². The van der Waals surface area contributed by atoms with Crippen LogP contribution >= 0.6 is 0 Å². The summed E-state index contributed by atoms with van der Waals surface area (Å²) in [5, 5.41) is 9.11. The van der Waals surface area contributed by atoms with E-state index in [2.05, 4.69) is 0 Å². The van der Waals surface area contributed by atoms with Gasteiger partial charge in [-0.25, -0.2) is 0 Å². The number of para-hydroxylation sites is 1. The fourth-order valence-corrected chi connectivity index (χ4v) is 0.810. The third-order valence-corrected chi connectivity index (χ3v) is 1.37. The molecule has 0 atom stereocenters. The maximum atomic E-state index is 9.11. The van der Waals surface area contributed by atoms with Crippen LogP contribution in [0, 0.1) is 0 Å². The van der Waals surface area contributed by atoms with Gasteiger partial charge in [0.1, 0.15) is 5.75 Å². The van der Waals surface area contributed by atoms with Crippen LogP contribution in [0.2, 0.25) is 0 Å². The number of rotatable bonds is 1. The molecule has 2 heteroatoms. The number of hydrogen-bond donors (Lipinski definition) is 1. The summed E-state index contributed by atoms with van der Waals surface area (Å²) < 4.78 is 0. The van der Waals surface area contributed by atoms with E-state index in [0.717, 1.165) is 12.0 Å². The van der Waals surface area contributed by atoms with E-state index in [1.165, 1.54) is 0 Å². The van der Waals surface area contributed by atoms with Gasteiger partial charge in [-0.1, -0.05) is 25.1 Å². The van der Waals surface area contributed by atoms with Gasteiger partial charge in [0.2, 0.25) is 0 Å². The summed E-state index contributed by atoms with van der Waals surface area (Å²) in [5.74, 6) is 0.403. The van der Waals surface area contributed by atoms with Crippen molar-refractivity contribution >= 4 is 0 Å². The predicted molar refractivity (Wildman–Crippen MR) is 37.5 cm³/mol. The largest absolute Gasteiger partial charge is 0.508 e. The van der Waals surface area contributed by atoms with Crippen LogP contribution in [0.5, 0.6) is 5.75 Å². The van der Waals surface area contributed by atoms with Crippen LogP contribution in [0.3, 0.4) is 0 Å². The van der Waals surface area contributed by atoms with Crippen LogP contribution in [-0.4, -0.2) is 5.11 Å². The summed E-state index contributed by atoms with van der Waals surface area (Å²) in [6.45, 7) is 2.02. The van der Waals surface area contributed by atoms with E-state index >= 15 is 0 Å². The van der Waals surface area contributed by atoms with E-state index in [1.54, 1.807) is 6.07 Å². The zero-order valence-electron chi connectivity index (χ0n) is 5.84. The number of hydrogen-bond acceptors (Lipinski definition) is 1. The fourth-order valence-electron chi connectivity index (χ4n) is 0.810. The molecule has 0 aliphatic heterocycles. The molecule has 0 fully saturated rings. The average molecular weight is 308 g/mol. The number of benzene rings is 1. The molecular weight excluding hydrogens is 298 g/mol. The van der Waals surface area contributed by atoms with Gasteiger partial charge in [0.15, 0.2) is 0 Å². The second-order valence-corrected chi connectivity index (χ2v) is 1.98.